The second kappa shape index (κ2) is 5.27. The highest BCUT2D eigenvalue weighted by Gasteiger charge is 2.09. The fraction of sp³-hybridized carbons (Fsp3) is 0.231. The monoisotopic (exact) mass is 354 g/mol. The van der Waals surface area contributed by atoms with Gasteiger partial charge in [-0.15, -0.1) is 0 Å². The average molecular weight is 356 g/mol. The second-order valence-electron chi connectivity index (χ2n) is 3.77. The molecule has 0 saturated heterocycles. The van der Waals surface area contributed by atoms with Crippen molar-refractivity contribution < 1.29 is 0 Å². The maximum Gasteiger partial charge on any atom is 0.160 e. The summed E-state index contributed by atoms with van der Waals surface area (Å²) in [5.41, 5.74) is 3.22. The summed E-state index contributed by atoms with van der Waals surface area (Å²) in [6.45, 7) is 4.13. The number of aryl methyl sites for hydroxylation is 1. The Bertz CT molecular complexity index is 530. The lowest BCUT2D eigenvalue weighted by Crippen LogP contribution is -1.99. The Morgan fingerprint density at radius 1 is 1.18 bits per heavy atom. The first-order valence-electron chi connectivity index (χ1n) is 5.40. The van der Waals surface area contributed by atoms with E-state index in [2.05, 4.69) is 48.8 Å². The SMILES string of the molecule is CCc1c(C)nc(-c2cccc(Br)c2)nc1Br. The molecule has 2 rings (SSSR count). The summed E-state index contributed by atoms with van der Waals surface area (Å²) in [6, 6.07) is 8.01. The summed E-state index contributed by atoms with van der Waals surface area (Å²) in [6.07, 6.45) is 0.936. The molecule has 2 aromatic rings. The van der Waals surface area contributed by atoms with Crippen LogP contribution in [0.5, 0.6) is 0 Å². The highest BCUT2D eigenvalue weighted by molar-refractivity contribution is 9.10. The molecule has 0 saturated carbocycles. The first kappa shape index (κ1) is 12.7. The minimum absolute atomic E-state index is 0.757. The van der Waals surface area contributed by atoms with E-state index in [1.807, 2.05) is 31.2 Å². The van der Waals surface area contributed by atoms with Crippen LogP contribution in [0.15, 0.2) is 33.3 Å². The maximum atomic E-state index is 4.55. The van der Waals surface area contributed by atoms with Gasteiger partial charge in [-0.05, 0) is 41.4 Å². The molecule has 0 aliphatic rings. The first-order valence-corrected chi connectivity index (χ1v) is 6.99. The number of hydrogen-bond donors (Lipinski definition) is 0. The van der Waals surface area contributed by atoms with Crippen LogP contribution in [-0.2, 0) is 6.42 Å². The van der Waals surface area contributed by atoms with E-state index in [9.17, 15) is 0 Å². The third kappa shape index (κ3) is 2.75. The molecular formula is C13H12Br2N2. The molecule has 0 fully saturated rings. The molecule has 0 radical (unpaired) electrons. The van der Waals surface area contributed by atoms with Crippen molar-refractivity contribution in [2.24, 2.45) is 0 Å². The van der Waals surface area contributed by atoms with Crippen LogP contribution in [0.3, 0.4) is 0 Å². The molecule has 0 bridgehead atoms. The second-order valence-corrected chi connectivity index (χ2v) is 5.43. The van der Waals surface area contributed by atoms with E-state index in [-0.39, 0.29) is 0 Å². The van der Waals surface area contributed by atoms with Gasteiger partial charge in [0.05, 0.1) is 0 Å². The van der Waals surface area contributed by atoms with Gasteiger partial charge >= 0.3 is 0 Å². The summed E-state index contributed by atoms with van der Waals surface area (Å²) >= 11 is 6.97. The van der Waals surface area contributed by atoms with E-state index < -0.39 is 0 Å². The Labute approximate surface area is 118 Å². The standard InChI is InChI=1S/C13H12Br2N2/c1-3-11-8(2)16-13(17-12(11)15)9-5-4-6-10(14)7-9/h4-7H,3H2,1-2H3. The van der Waals surface area contributed by atoms with Gasteiger partial charge in [0.25, 0.3) is 0 Å². The smallest absolute Gasteiger partial charge is 0.160 e. The van der Waals surface area contributed by atoms with Crippen molar-refractivity contribution in [2.75, 3.05) is 0 Å². The Morgan fingerprint density at radius 3 is 2.53 bits per heavy atom. The predicted molar refractivity (Wildman–Crippen MR) is 77.0 cm³/mol. The van der Waals surface area contributed by atoms with E-state index in [4.69, 9.17) is 0 Å². The molecule has 0 N–H and O–H groups in total. The van der Waals surface area contributed by atoms with Gasteiger partial charge in [0.15, 0.2) is 5.82 Å². The van der Waals surface area contributed by atoms with Crippen molar-refractivity contribution in [3.8, 4) is 11.4 Å². The summed E-state index contributed by atoms with van der Waals surface area (Å²) in [7, 11) is 0. The van der Waals surface area contributed by atoms with Crippen LogP contribution < -0.4 is 0 Å². The van der Waals surface area contributed by atoms with Crippen LogP contribution >= 0.6 is 31.9 Å². The number of benzene rings is 1. The van der Waals surface area contributed by atoms with Crippen molar-refractivity contribution >= 4 is 31.9 Å². The van der Waals surface area contributed by atoms with Crippen LogP contribution in [-0.4, -0.2) is 9.97 Å². The van der Waals surface area contributed by atoms with Crippen molar-refractivity contribution in [2.45, 2.75) is 20.3 Å². The van der Waals surface area contributed by atoms with E-state index in [1.54, 1.807) is 0 Å². The fourth-order valence-electron chi connectivity index (χ4n) is 1.72. The number of hydrogen-bond acceptors (Lipinski definition) is 2. The first-order chi connectivity index (χ1) is 8.11. The number of halogens is 2. The van der Waals surface area contributed by atoms with Crippen molar-refractivity contribution in [3.63, 3.8) is 0 Å². The van der Waals surface area contributed by atoms with Gasteiger partial charge in [-0.2, -0.15) is 0 Å². The third-order valence-corrected chi connectivity index (χ3v) is 3.75. The molecule has 2 nitrogen and oxygen atoms in total. The molecule has 0 amide bonds. The van der Waals surface area contributed by atoms with E-state index >= 15 is 0 Å². The molecule has 1 aromatic carbocycles. The predicted octanol–water partition coefficient (Wildman–Crippen LogP) is 4.54. The molecule has 0 unspecified atom stereocenters. The van der Waals surface area contributed by atoms with Crippen molar-refractivity contribution in [3.05, 3.63) is 44.6 Å². The summed E-state index contributed by atoms with van der Waals surface area (Å²) in [4.78, 5) is 9.06. The number of rotatable bonds is 2. The molecule has 1 aromatic heterocycles. The highest BCUT2D eigenvalue weighted by Crippen LogP contribution is 2.24. The maximum absolute atomic E-state index is 4.55. The largest absolute Gasteiger partial charge is 0.233 e. The van der Waals surface area contributed by atoms with E-state index in [0.29, 0.717) is 0 Å². The van der Waals surface area contributed by atoms with Gasteiger partial charge in [-0.3, -0.25) is 0 Å². The van der Waals surface area contributed by atoms with Crippen molar-refractivity contribution in [1.29, 1.82) is 0 Å². The molecular weight excluding hydrogens is 344 g/mol. The fourth-order valence-corrected chi connectivity index (χ4v) is 2.85. The van der Waals surface area contributed by atoms with Crippen LogP contribution in [0.1, 0.15) is 18.2 Å². The molecule has 88 valence electrons. The average Bonchev–Trinajstić information content (AvgIpc) is 2.28. The van der Waals surface area contributed by atoms with E-state index in [1.165, 1.54) is 5.56 Å². The third-order valence-electron chi connectivity index (χ3n) is 2.60. The summed E-state index contributed by atoms with van der Waals surface area (Å²) < 4.78 is 1.93. The van der Waals surface area contributed by atoms with Crippen LogP contribution in [0.4, 0.5) is 0 Å². The lowest BCUT2D eigenvalue weighted by Gasteiger charge is -2.08. The number of aromatic nitrogens is 2. The van der Waals surface area contributed by atoms with Gasteiger partial charge in [0.2, 0.25) is 0 Å². The van der Waals surface area contributed by atoms with Gasteiger partial charge < -0.3 is 0 Å². The molecule has 1 heterocycles. The lowest BCUT2D eigenvalue weighted by atomic mass is 10.1. The quantitative estimate of drug-likeness (QED) is 0.739. The molecule has 4 heteroatoms. The van der Waals surface area contributed by atoms with E-state index in [0.717, 1.165) is 32.6 Å². The Kier molecular flexibility index (Phi) is 3.94. The van der Waals surface area contributed by atoms with Crippen molar-refractivity contribution in [1.82, 2.24) is 9.97 Å². The molecule has 0 aliphatic carbocycles. The minimum Gasteiger partial charge on any atom is -0.233 e. The topological polar surface area (TPSA) is 25.8 Å². The van der Waals surface area contributed by atoms with Gasteiger partial charge in [0, 0.05) is 21.3 Å². The lowest BCUT2D eigenvalue weighted by molar-refractivity contribution is 0.981. The zero-order valence-corrected chi connectivity index (χ0v) is 12.8. The minimum atomic E-state index is 0.757. The molecule has 0 atom stereocenters. The summed E-state index contributed by atoms with van der Waals surface area (Å²) in [5.74, 6) is 0.757. The Balaban J connectivity index is 2.54. The molecule has 17 heavy (non-hydrogen) atoms. The molecule has 0 aliphatic heterocycles. The van der Waals surface area contributed by atoms with Crippen LogP contribution in [0, 0.1) is 6.92 Å². The Hall–Kier alpha value is -0.740. The zero-order chi connectivity index (χ0) is 12.4. The number of nitrogens with zero attached hydrogens (tertiary/aromatic N) is 2. The zero-order valence-electron chi connectivity index (χ0n) is 9.67. The van der Waals surface area contributed by atoms with Gasteiger partial charge in [-0.25, -0.2) is 9.97 Å². The summed E-state index contributed by atoms with van der Waals surface area (Å²) in [5, 5.41) is 0. The highest BCUT2D eigenvalue weighted by atomic mass is 79.9. The normalized spacial score (nSPS) is 10.6. The molecule has 0 spiro atoms. The van der Waals surface area contributed by atoms with Gasteiger partial charge in [-0.1, -0.05) is 35.0 Å². The van der Waals surface area contributed by atoms with Crippen LogP contribution in [0.25, 0.3) is 11.4 Å². The van der Waals surface area contributed by atoms with Crippen LogP contribution in [0.2, 0.25) is 0 Å². The Morgan fingerprint density at radius 2 is 1.94 bits per heavy atom. The van der Waals surface area contributed by atoms with Gasteiger partial charge in [0.1, 0.15) is 4.60 Å².